The molecule has 9 heteroatoms. The molecule has 0 radical (unpaired) electrons. The third-order valence-corrected chi connectivity index (χ3v) is 4.45. The normalized spacial score (nSPS) is 14.7. The molecule has 2 aromatic carbocycles. The van der Waals surface area contributed by atoms with Crippen molar-refractivity contribution in [3.05, 3.63) is 59.2 Å². The van der Waals surface area contributed by atoms with Crippen LogP contribution in [0.2, 0.25) is 0 Å². The van der Waals surface area contributed by atoms with E-state index in [1.165, 1.54) is 18.2 Å². The molecule has 1 amide bonds. The molecule has 1 saturated heterocycles. The Balaban J connectivity index is 1.66. The average Bonchev–Trinajstić information content (AvgIpc) is 2.73. The second kappa shape index (κ2) is 9.61. The summed E-state index contributed by atoms with van der Waals surface area (Å²) in [5.41, 5.74) is 1.61. The third-order valence-electron chi connectivity index (χ3n) is 4.45. The van der Waals surface area contributed by atoms with E-state index in [-0.39, 0.29) is 22.9 Å². The number of alkyl halides is 3. The van der Waals surface area contributed by atoms with Crippen LogP contribution in [0.4, 0.5) is 18.9 Å². The highest BCUT2D eigenvalue weighted by Gasteiger charge is 2.29. The molecular formula is C21H20F3N3O3. The molecule has 158 valence electrons. The molecule has 0 saturated carbocycles. The Morgan fingerprint density at radius 3 is 2.67 bits per heavy atom. The lowest BCUT2D eigenvalue weighted by Crippen LogP contribution is -2.35. The zero-order valence-corrected chi connectivity index (χ0v) is 16.0. The molecular weight excluding hydrogens is 399 g/mol. The molecule has 1 fully saturated rings. The first-order chi connectivity index (χ1) is 14.3. The fraction of sp³-hybridized carbons (Fsp3) is 0.333. The predicted molar refractivity (Wildman–Crippen MR) is 103 cm³/mol. The number of carbonyl (C=O) groups is 1. The van der Waals surface area contributed by atoms with Gasteiger partial charge in [-0.15, -0.1) is 0 Å². The highest BCUT2D eigenvalue weighted by Crippen LogP contribution is 2.25. The van der Waals surface area contributed by atoms with Crippen molar-refractivity contribution in [2.45, 2.75) is 12.7 Å². The Bertz CT molecular complexity index is 935. The molecule has 1 aliphatic heterocycles. The fourth-order valence-electron chi connectivity index (χ4n) is 3.01. The Morgan fingerprint density at radius 1 is 1.20 bits per heavy atom. The van der Waals surface area contributed by atoms with Crippen molar-refractivity contribution in [1.82, 2.24) is 4.90 Å². The highest BCUT2D eigenvalue weighted by molar-refractivity contribution is 6.04. The van der Waals surface area contributed by atoms with Gasteiger partial charge >= 0.3 is 6.18 Å². The van der Waals surface area contributed by atoms with Crippen LogP contribution in [-0.2, 0) is 11.3 Å². The lowest BCUT2D eigenvalue weighted by molar-refractivity contribution is -0.153. The van der Waals surface area contributed by atoms with Crippen LogP contribution in [0.3, 0.4) is 0 Å². The van der Waals surface area contributed by atoms with Gasteiger partial charge in [0, 0.05) is 30.9 Å². The Kier molecular flexibility index (Phi) is 6.92. The highest BCUT2D eigenvalue weighted by atomic mass is 19.4. The molecule has 0 atom stereocenters. The van der Waals surface area contributed by atoms with Crippen molar-refractivity contribution >= 4 is 11.6 Å². The summed E-state index contributed by atoms with van der Waals surface area (Å²) >= 11 is 0. The number of anilines is 1. The van der Waals surface area contributed by atoms with Gasteiger partial charge in [-0.1, -0.05) is 12.1 Å². The van der Waals surface area contributed by atoms with Gasteiger partial charge in [-0.25, -0.2) is 0 Å². The zero-order valence-electron chi connectivity index (χ0n) is 16.0. The smallest absolute Gasteiger partial charge is 0.422 e. The van der Waals surface area contributed by atoms with E-state index in [1.807, 2.05) is 6.07 Å². The van der Waals surface area contributed by atoms with Crippen LogP contribution in [0.25, 0.3) is 0 Å². The molecule has 3 rings (SSSR count). The van der Waals surface area contributed by atoms with E-state index in [1.54, 1.807) is 24.3 Å². The second-order valence-electron chi connectivity index (χ2n) is 6.77. The van der Waals surface area contributed by atoms with E-state index in [0.29, 0.717) is 25.3 Å². The van der Waals surface area contributed by atoms with Crippen LogP contribution in [0.5, 0.6) is 5.75 Å². The molecule has 0 spiro atoms. The first-order valence-corrected chi connectivity index (χ1v) is 9.28. The van der Waals surface area contributed by atoms with Gasteiger partial charge in [-0.05, 0) is 35.9 Å². The molecule has 0 unspecified atom stereocenters. The number of ether oxygens (including phenoxy) is 2. The van der Waals surface area contributed by atoms with Crippen molar-refractivity contribution in [2.24, 2.45) is 0 Å². The minimum absolute atomic E-state index is 0.0990. The quantitative estimate of drug-likeness (QED) is 0.775. The lowest BCUT2D eigenvalue weighted by Gasteiger charge is -2.26. The number of hydrogen-bond acceptors (Lipinski definition) is 5. The summed E-state index contributed by atoms with van der Waals surface area (Å²) in [4.78, 5) is 14.8. The van der Waals surface area contributed by atoms with Gasteiger partial charge in [0.2, 0.25) is 0 Å². The van der Waals surface area contributed by atoms with E-state index >= 15 is 0 Å². The number of morpholine rings is 1. The average molecular weight is 419 g/mol. The summed E-state index contributed by atoms with van der Waals surface area (Å²) in [6, 6.07) is 12.9. The molecule has 1 heterocycles. The Labute approximate surface area is 171 Å². The maximum absolute atomic E-state index is 12.6. The molecule has 0 aliphatic carbocycles. The van der Waals surface area contributed by atoms with Crippen LogP contribution in [0.15, 0.2) is 42.5 Å². The number of halogens is 3. The minimum Gasteiger partial charge on any atom is -0.483 e. The number of rotatable bonds is 6. The maximum Gasteiger partial charge on any atom is 0.422 e. The van der Waals surface area contributed by atoms with Crippen LogP contribution < -0.4 is 10.1 Å². The number of nitriles is 1. The van der Waals surface area contributed by atoms with E-state index in [0.717, 1.165) is 18.7 Å². The number of hydrogen-bond donors (Lipinski definition) is 1. The summed E-state index contributed by atoms with van der Waals surface area (Å²) in [5.74, 6) is -0.577. The van der Waals surface area contributed by atoms with Gasteiger partial charge in [-0.2, -0.15) is 18.4 Å². The van der Waals surface area contributed by atoms with Gasteiger partial charge < -0.3 is 14.8 Å². The van der Waals surface area contributed by atoms with Crippen LogP contribution in [0, 0.1) is 11.3 Å². The number of amides is 1. The second-order valence-corrected chi connectivity index (χ2v) is 6.77. The monoisotopic (exact) mass is 419 g/mol. The van der Waals surface area contributed by atoms with Crippen molar-refractivity contribution in [3.8, 4) is 11.8 Å². The van der Waals surface area contributed by atoms with E-state index in [2.05, 4.69) is 15.0 Å². The maximum atomic E-state index is 12.6. The predicted octanol–water partition coefficient (Wildman–Crippen LogP) is 3.58. The number of nitrogens with zero attached hydrogens (tertiary/aromatic N) is 2. The molecule has 2 aromatic rings. The van der Waals surface area contributed by atoms with Crippen LogP contribution in [-0.4, -0.2) is 49.9 Å². The van der Waals surface area contributed by atoms with E-state index in [9.17, 15) is 23.2 Å². The number of carbonyl (C=O) groups excluding carboxylic acids is 1. The van der Waals surface area contributed by atoms with Gasteiger partial charge in [0.25, 0.3) is 5.91 Å². The van der Waals surface area contributed by atoms with E-state index < -0.39 is 12.8 Å². The van der Waals surface area contributed by atoms with Gasteiger partial charge in [0.1, 0.15) is 11.8 Å². The largest absolute Gasteiger partial charge is 0.483 e. The molecule has 1 N–H and O–H groups in total. The standard InChI is InChI=1S/C21H20F3N3O3/c22-21(23,24)14-30-19-5-4-18(11-17(19)12-25)26-20(28)16-3-1-2-15(10-16)13-27-6-8-29-9-7-27/h1-5,10-11H,6-9,13-14H2,(H,26,28). The molecule has 1 aliphatic rings. The first kappa shape index (κ1) is 21.6. The molecule has 6 nitrogen and oxygen atoms in total. The molecule has 0 aromatic heterocycles. The Hall–Kier alpha value is -3.09. The molecule has 30 heavy (non-hydrogen) atoms. The van der Waals surface area contributed by atoms with Crippen molar-refractivity contribution in [2.75, 3.05) is 38.2 Å². The van der Waals surface area contributed by atoms with Crippen molar-refractivity contribution < 1.29 is 27.4 Å². The van der Waals surface area contributed by atoms with Crippen LogP contribution >= 0.6 is 0 Å². The molecule has 0 bridgehead atoms. The van der Waals surface area contributed by atoms with Crippen molar-refractivity contribution in [3.63, 3.8) is 0 Å². The topological polar surface area (TPSA) is 74.6 Å². The van der Waals surface area contributed by atoms with E-state index in [4.69, 9.17) is 4.74 Å². The summed E-state index contributed by atoms with van der Waals surface area (Å²) in [6.45, 7) is 2.23. The van der Waals surface area contributed by atoms with Gasteiger partial charge in [0.15, 0.2) is 6.61 Å². The SMILES string of the molecule is N#Cc1cc(NC(=O)c2cccc(CN3CCOCC3)c2)ccc1OCC(F)(F)F. The summed E-state index contributed by atoms with van der Waals surface area (Å²) in [7, 11) is 0. The van der Waals surface area contributed by atoms with Gasteiger partial charge in [0.05, 0.1) is 18.8 Å². The van der Waals surface area contributed by atoms with Gasteiger partial charge in [-0.3, -0.25) is 9.69 Å². The van der Waals surface area contributed by atoms with Crippen LogP contribution in [0.1, 0.15) is 21.5 Å². The minimum atomic E-state index is -4.51. The number of nitrogens with one attached hydrogen (secondary N) is 1. The third kappa shape index (κ3) is 6.20. The summed E-state index contributed by atoms with van der Waals surface area (Å²) in [6.07, 6.45) is -4.51. The summed E-state index contributed by atoms with van der Waals surface area (Å²) in [5, 5.41) is 11.8. The van der Waals surface area contributed by atoms with Crippen molar-refractivity contribution in [1.29, 1.82) is 5.26 Å². The fourth-order valence-corrected chi connectivity index (χ4v) is 3.01. The zero-order chi connectivity index (χ0) is 21.6. The first-order valence-electron chi connectivity index (χ1n) is 9.28. The Morgan fingerprint density at radius 2 is 1.97 bits per heavy atom. The lowest BCUT2D eigenvalue weighted by atomic mass is 10.1. The number of benzene rings is 2. The summed E-state index contributed by atoms with van der Waals surface area (Å²) < 4.78 is 47.0.